The number of hydrogen-bond acceptors (Lipinski definition) is 5. The van der Waals surface area contributed by atoms with Gasteiger partial charge in [-0.3, -0.25) is 4.79 Å². The molecule has 0 aromatic heterocycles. The SMILES string of the molecule is CCC(=O)N1CCN(C(=O)Nc2cccc(C#N)c2)[C@@H]2CS(=O)(=O)C[C@@H]21. The first-order valence-electron chi connectivity index (χ1n) is 8.42. The number of carbonyl (C=O) groups is 2. The number of fused-ring (bicyclic) bond motifs is 1. The zero-order valence-electron chi connectivity index (χ0n) is 14.4. The molecule has 2 aliphatic rings. The van der Waals surface area contributed by atoms with E-state index in [9.17, 15) is 18.0 Å². The Bertz CT molecular complexity index is 877. The highest BCUT2D eigenvalue weighted by molar-refractivity contribution is 7.91. The molecule has 9 heteroatoms. The normalized spacial score (nSPS) is 23.8. The van der Waals surface area contributed by atoms with Gasteiger partial charge in [-0.25, -0.2) is 13.2 Å². The molecule has 1 aromatic rings. The first kappa shape index (κ1) is 18.2. The minimum atomic E-state index is -3.31. The molecule has 26 heavy (non-hydrogen) atoms. The molecule has 2 heterocycles. The molecule has 0 saturated carbocycles. The molecule has 0 unspecified atom stereocenters. The molecule has 2 atom stereocenters. The van der Waals surface area contributed by atoms with Gasteiger partial charge in [0.2, 0.25) is 5.91 Å². The zero-order chi connectivity index (χ0) is 18.9. The van der Waals surface area contributed by atoms with E-state index in [1.165, 1.54) is 4.90 Å². The number of nitrogens with one attached hydrogen (secondary N) is 1. The number of rotatable bonds is 2. The smallest absolute Gasteiger partial charge is 0.322 e. The molecule has 3 rings (SSSR count). The maximum absolute atomic E-state index is 12.7. The Labute approximate surface area is 152 Å². The van der Waals surface area contributed by atoms with Crippen LogP contribution in [0.1, 0.15) is 18.9 Å². The average Bonchev–Trinajstić information content (AvgIpc) is 2.94. The van der Waals surface area contributed by atoms with Gasteiger partial charge in [-0.05, 0) is 18.2 Å². The van der Waals surface area contributed by atoms with Crippen LogP contribution in [0.2, 0.25) is 0 Å². The van der Waals surface area contributed by atoms with Gasteiger partial charge in [0.05, 0.1) is 35.2 Å². The van der Waals surface area contributed by atoms with Crippen LogP contribution in [0.15, 0.2) is 24.3 Å². The minimum absolute atomic E-state index is 0.0983. The summed E-state index contributed by atoms with van der Waals surface area (Å²) < 4.78 is 24.3. The number of piperazine rings is 1. The third-order valence-corrected chi connectivity index (χ3v) is 6.50. The fourth-order valence-electron chi connectivity index (χ4n) is 3.58. The Morgan fingerprint density at radius 1 is 1.23 bits per heavy atom. The lowest BCUT2D eigenvalue weighted by atomic mass is 10.0. The fourth-order valence-corrected chi connectivity index (χ4v) is 5.56. The van der Waals surface area contributed by atoms with E-state index >= 15 is 0 Å². The fraction of sp³-hybridized carbons (Fsp3) is 0.471. The molecule has 0 aliphatic carbocycles. The Morgan fingerprint density at radius 3 is 2.54 bits per heavy atom. The van der Waals surface area contributed by atoms with Crippen LogP contribution in [0.25, 0.3) is 0 Å². The second-order valence-corrected chi connectivity index (χ2v) is 8.62. The summed E-state index contributed by atoms with van der Waals surface area (Å²) in [4.78, 5) is 27.9. The van der Waals surface area contributed by atoms with Crippen LogP contribution in [0, 0.1) is 11.3 Å². The molecule has 138 valence electrons. The van der Waals surface area contributed by atoms with E-state index < -0.39 is 28.0 Å². The van der Waals surface area contributed by atoms with Gasteiger partial charge >= 0.3 is 6.03 Å². The van der Waals surface area contributed by atoms with Crippen molar-refractivity contribution in [1.82, 2.24) is 9.80 Å². The van der Waals surface area contributed by atoms with Crippen LogP contribution in [0.5, 0.6) is 0 Å². The van der Waals surface area contributed by atoms with E-state index in [0.717, 1.165) is 0 Å². The van der Waals surface area contributed by atoms with Gasteiger partial charge < -0.3 is 15.1 Å². The Hall–Kier alpha value is -2.60. The van der Waals surface area contributed by atoms with Gasteiger partial charge in [-0.1, -0.05) is 13.0 Å². The van der Waals surface area contributed by atoms with Crippen molar-refractivity contribution < 1.29 is 18.0 Å². The molecule has 2 fully saturated rings. The minimum Gasteiger partial charge on any atom is -0.335 e. The van der Waals surface area contributed by atoms with Crippen molar-refractivity contribution >= 4 is 27.5 Å². The van der Waals surface area contributed by atoms with Crippen LogP contribution in [0.3, 0.4) is 0 Å². The molecule has 0 bridgehead atoms. The number of sulfone groups is 1. The molecule has 8 nitrogen and oxygen atoms in total. The second-order valence-electron chi connectivity index (χ2n) is 6.47. The summed E-state index contributed by atoms with van der Waals surface area (Å²) in [6.07, 6.45) is 0.302. The molecular weight excluding hydrogens is 356 g/mol. The van der Waals surface area contributed by atoms with Crippen LogP contribution >= 0.6 is 0 Å². The molecule has 1 N–H and O–H groups in total. The monoisotopic (exact) mass is 376 g/mol. The highest BCUT2D eigenvalue weighted by Gasteiger charge is 2.49. The summed E-state index contributed by atoms with van der Waals surface area (Å²) in [5, 5.41) is 11.7. The summed E-state index contributed by atoms with van der Waals surface area (Å²) in [5.74, 6) is -0.354. The number of benzene rings is 1. The molecule has 2 saturated heterocycles. The molecular formula is C17H20N4O4S. The topological polar surface area (TPSA) is 111 Å². The van der Waals surface area contributed by atoms with Crippen molar-refractivity contribution in [1.29, 1.82) is 5.26 Å². The molecule has 0 spiro atoms. The summed E-state index contributed by atoms with van der Waals surface area (Å²) in [6.45, 7) is 2.32. The number of carbonyl (C=O) groups excluding carboxylic acids is 2. The average molecular weight is 376 g/mol. The first-order chi connectivity index (χ1) is 12.3. The molecule has 2 aliphatic heterocycles. The van der Waals surface area contributed by atoms with Crippen molar-refractivity contribution in [2.24, 2.45) is 0 Å². The summed E-state index contributed by atoms with van der Waals surface area (Å²) in [5.41, 5.74) is 0.890. The van der Waals surface area contributed by atoms with E-state index in [1.54, 1.807) is 36.1 Å². The Balaban J connectivity index is 1.81. The van der Waals surface area contributed by atoms with Gasteiger partial charge in [-0.2, -0.15) is 5.26 Å². The highest BCUT2D eigenvalue weighted by atomic mass is 32.2. The van der Waals surface area contributed by atoms with E-state index in [4.69, 9.17) is 5.26 Å². The van der Waals surface area contributed by atoms with E-state index in [1.807, 2.05) is 6.07 Å². The van der Waals surface area contributed by atoms with Crippen LogP contribution in [-0.4, -0.2) is 66.8 Å². The first-order valence-corrected chi connectivity index (χ1v) is 10.2. The number of nitriles is 1. The van der Waals surface area contributed by atoms with Gasteiger partial charge in [0.25, 0.3) is 0 Å². The van der Waals surface area contributed by atoms with Crippen molar-refractivity contribution in [2.75, 3.05) is 29.9 Å². The number of amides is 3. The van der Waals surface area contributed by atoms with Crippen molar-refractivity contribution in [3.63, 3.8) is 0 Å². The largest absolute Gasteiger partial charge is 0.335 e. The van der Waals surface area contributed by atoms with E-state index in [-0.39, 0.29) is 24.0 Å². The summed E-state index contributed by atoms with van der Waals surface area (Å²) in [6, 6.07) is 7.04. The highest BCUT2D eigenvalue weighted by Crippen LogP contribution is 2.28. The third kappa shape index (κ3) is 3.51. The lowest BCUT2D eigenvalue weighted by Gasteiger charge is -2.43. The van der Waals surface area contributed by atoms with Gasteiger partial charge in [0.1, 0.15) is 0 Å². The standard InChI is InChI=1S/C17H20N4O4S/c1-2-16(22)20-6-7-21(15-11-26(24,25)10-14(15)20)17(23)19-13-5-3-4-12(8-13)9-18/h3-5,8,14-15H,2,6-7,10-11H2,1H3,(H,19,23)/t14-,15+/m0/s1. The van der Waals surface area contributed by atoms with Gasteiger partial charge in [-0.15, -0.1) is 0 Å². The zero-order valence-corrected chi connectivity index (χ0v) is 15.2. The number of nitrogens with zero attached hydrogens (tertiary/aromatic N) is 3. The molecule has 1 aromatic carbocycles. The Morgan fingerprint density at radius 2 is 1.88 bits per heavy atom. The molecule has 0 radical (unpaired) electrons. The maximum atomic E-state index is 12.7. The van der Waals surface area contributed by atoms with Crippen molar-refractivity contribution in [3.05, 3.63) is 29.8 Å². The molecule has 3 amide bonds. The summed E-state index contributed by atoms with van der Waals surface area (Å²) in [7, 11) is -3.31. The van der Waals surface area contributed by atoms with E-state index in [0.29, 0.717) is 24.2 Å². The summed E-state index contributed by atoms with van der Waals surface area (Å²) >= 11 is 0. The predicted octanol–water partition coefficient (Wildman–Crippen LogP) is 0.810. The third-order valence-electron chi connectivity index (χ3n) is 4.80. The van der Waals surface area contributed by atoms with Crippen LogP contribution in [0.4, 0.5) is 10.5 Å². The Kier molecular flexibility index (Phi) is 4.87. The van der Waals surface area contributed by atoms with Crippen molar-refractivity contribution in [2.45, 2.75) is 25.4 Å². The number of hydrogen-bond donors (Lipinski definition) is 1. The van der Waals surface area contributed by atoms with Crippen LogP contribution < -0.4 is 5.32 Å². The second kappa shape index (κ2) is 6.96. The lowest BCUT2D eigenvalue weighted by Crippen LogP contribution is -2.62. The van der Waals surface area contributed by atoms with Crippen LogP contribution in [-0.2, 0) is 14.6 Å². The predicted molar refractivity (Wildman–Crippen MR) is 95.1 cm³/mol. The van der Waals surface area contributed by atoms with Gasteiger partial charge in [0, 0.05) is 25.2 Å². The maximum Gasteiger partial charge on any atom is 0.322 e. The number of anilines is 1. The number of urea groups is 1. The van der Waals surface area contributed by atoms with Gasteiger partial charge in [0.15, 0.2) is 9.84 Å². The quantitative estimate of drug-likeness (QED) is 0.821. The van der Waals surface area contributed by atoms with E-state index in [2.05, 4.69) is 5.32 Å². The lowest BCUT2D eigenvalue weighted by molar-refractivity contribution is -0.135. The van der Waals surface area contributed by atoms with Crippen molar-refractivity contribution in [3.8, 4) is 6.07 Å².